The topological polar surface area (TPSA) is 61.3 Å². The minimum Gasteiger partial charge on any atom is -0.458 e. The lowest BCUT2D eigenvalue weighted by molar-refractivity contribution is -0.117. The molecule has 2 aromatic rings. The molecule has 2 atom stereocenters. The van der Waals surface area contributed by atoms with Crippen LogP contribution in [0.25, 0.3) is 0 Å². The number of rotatable bonds is 6. The largest absolute Gasteiger partial charge is 0.458 e. The zero-order valence-corrected chi connectivity index (χ0v) is 15.8. The van der Waals surface area contributed by atoms with Gasteiger partial charge in [-0.25, -0.2) is 9.97 Å². The molecular formula is C22H24N2O3. The number of nitrogens with zero attached hydrogens (tertiary/aromatic N) is 2. The summed E-state index contributed by atoms with van der Waals surface area (Å²) in [7, 11) is 0. The third-order valence-corrected chi connectivity index (χ3v) is 4.31. The molecule has 2 unspecified atom stereocenters. The van der Waals surface area contributed by atoms with Gasteiger partial charge in [0.1, 0.15) is 11.9 Å². The van der Waals surface area contributed by atoms with Crippen molar-refractivity contribution in [3.8, 4) is 17.9 Å². The normalized spacial score (nSPS) is 17.0. The number of ketones is 1. The first-order valence-corrected chi connectivity index (χ1v) is 9.25. The van der Waals surface area contributed by atoms with Crippen molar-refractivity contribution in [2.45, 2.75) is 39.2 Å². The second-order valence-electron chi connectivity index (χ2n) is 7.02. The Balaban J connectivity index is 1.56. The van der Waals surface area contributed by atoms with Crippen molar-refractivity contribution >= 4 is 5.78 Å². The molecule has 0 N–H and O–H groups in total. The second kappa shape index (κ2) is 9.29. The van der Waals surface area contributed by atoms with Gasteiger partial charge in [0.15, 0.2) is 0 Å². The third-order valence-electron chi connectivity index (χ3n) is 4.31. The second-order valence-corrected chi connectivity index (χ2v) is 7.02. The lowest BCUT2D eigenvalue weighted by atomic mass is 9.96. The fourth-order valence-corrected chi connectivity index (χ4v) is 3.03. The molecule has 140 valence electrons. The highest BCUT2D eigenvalue weighted by Crippen LogP contribution is 2.14. The predicted molar refractivity (Wildman–Crippen MR) is 102 cm³/mol. The fourth-order valence-electron chi connectivity index (χ4n) is 3.03. The smallest absolute Gasteiger partial charge is 0.316 e. The zero-order chi connectivity index (χ0) is 19.1. The lowest BCUT2D eigenvalue weighted by Crippen LogP contribution is -2.17. The summed E-state index contributed by atoms with van der Waals surface area (Å²) in [4.78, 5) is 19.6. The Labute approximate surface area is 160 Å². The van der Waals surface area contributed by atoms with Gasteiger partial charge < -0.3 is 14.3 Å². The predicted octanol–water partition coefficient (Wildman–Crippen LogP) is 3.20. The Hall–Kier alpha value is -2.71. The molecule has 0 saturated carbocycles. The molecule has 0 amide bonds. The molecule has 1 fully saturated rings. The van der Waals surface area contributed by atoms with Crippen LogP contribution in [0.15, 0.2) is 36.7 Å². The number of carbonyl (C=O) groups is 1. The van der Waals surface area contributed by atoms with Gasteiger partial charge in [0.25, 0.3) is 0 Å². The van der Waals surface area contributed by atoms with E-state index in [0.717, 1.165) is 30.6 Å². The van der Waals surface area contributed by atoms with Gasteiger partial charge in [0.2, 0.25) is 0 Å². The molecule has 5 heteroatoms. The summed E-state index contributed by atoms with van der Waals surface area (Å²) in [5.74, 6) is 6.78. The Morgan fingerprint density at radius 1 is 1.22 bits per heavy atom. The van der Waals surface area contributed by atoms with Gasteiger partial charge >= 0.3 is 6.01 Å². The van der Waals surface area contributed by atoms with Crippen molar-refractivity contribution in [3.63, 3.8) is 0 Å². The van der Waals surface area contributed by atoms with Crippen LogP contribution < -0.4 is 4.74 Å². The molecular weight excluding hydrogens is 340 g/mol. The van der Waals surface area contributed by atoms with Crippen LogP contribution in [0.5, 0.6) is 6.01 Å². The van der Waals surface area contributed by atoms with Crippen molar-refractivity contribution in [1.82, 2.24) is 9.97 Å². The summed E-state index contributed by atoms with van der Waals surface area (Å²) < 4.78 is 10.9. The van der Waals surface area contributed by atoms with E-state index >= 15 is 0 Å². The van der Waals surface area contributed by atoms with Gasteiger partial charge in [-0.05, 0) is 37.0 Å². The van der Waals surface area contributed by atoms with Crippen LogP contribution in [0.4, 0.5) is 0 Å². The molecule has 3 rings (SSSR count). The zero-order valence-electron chi connectivity index (χ0n) is 15.8. The number of Topliss-reactive ketones (excluding diaryl/α,β-unsaturated/α-hetero) is 1. The maximum absolute atomic E-state index is 11.2. The SMILES string of the molecule is CC(=O)CC(C)Cc1ccc(C#Cc2cnc(OC3CCOC3)nc2)cc1. The summed E-state index contributed by atoms with van der Waals surface area (Å²) in [6.07, 6.45) is 5.77. The fraction of sp³-hybridized carbons (Fsp3) is 0.409. The highest BCUT2D eigenvalue weighted by atomic mass is 16.6. The Morgan fingerprint density at radius 3 is 2.56 bits per heavy atom. The Bertz CT molecular complexity index is 813. The molecule has 27 heavy (non-hydrogen) atoms. The molecule has 5 nitrogen and oxygen atoms in total. The molecule has 0 radical (unpaired) electrons. The van der Waals surface area contributed by atoms with Crippen LogP contribution in [-0.2, 0) is 16.0 Å². The molecule has 0 bridgehead atoms. The van der Waals surface area contributed by atoms with E-state index in [1.54, 1.807) is 19.3 Å². The monoisotopic (exact) mass is 364 g/mol. The standard InChI is InChI=1S/C22H24N2O3/c1-16(11-17(2)25)12-19-6-3-18(4-7-19)5-8-20-13-23-22(24-14-20)27-21-9-10-26-15-21/h3-4,6-7,13-14,16,21H,9-12,15H2,1-2H3. The van der Waals surface area contributed by atoms with Crippen LogP contribution in [-0.4, -0.2) is 35.1 Å². The van der Waals surface area contributed by atoms with Crippen molar-refractivity contribution < 1.29 is 14.3 Å². The van der Waals surface area contributed by atoms with Gasteiger partial charge in [-0.1, -0.05) is 30.9 Å². The molecule has 0 aliphatic carbocycles. The van der Waals surface area contributed by atoms with E-state index in [9.17, 15) is 4.79 Å². The van der Waals surface area contributed by atoms with Crippen LogP contribution in [0.2, 0.25) is 0 Å². The Kier molecular flexibility index (Phi) is 6.56. The van der Waals surface area contributed by atoms with Crippen LogP contribution in [0, 0.1) is 17.8 Å². The van der Waals surface area contributed by atoms with Crippen LogP contribution in [0.1, 0.15) is 43.4 Å². The lowest BCUT2D eigenvalue weighted by Gasteiger charge is -2.09. The number of hydrogen-bond acceptors (Lipinski definition) is 5. The van der Waals surface area contributed by atoms with Gasteiger partial charge in [-0.3, -0.25) is 0 Å². The van der Waals surface area contributed by atoms with E-state index in [1.807, 2.05) is 12.1 Å². The molecule has 1 aromatic carbocycles. The maximum atomic E-state index is 11.2. The summed E-state index contributed by atoms with van der Waals surface area (Å²) >= 11 is 0. The van der Waals surface area contributed by atoms with E-state index in [0.29, 0.717) is 25.0 Å². The quantitative estimate of drug-likeness (QED) is 0.737. The maximum Gasteiger partial charge on any atom is 0.316 e. The van der Waals surface area contributed by atoms with E-state index < -0.39 is 0 Å². The summed E-state index contributed by atoms with van der Waals surface area (Å²) in [6, 6.07) is 8.50. The first-order valence-electron chi connectivity index (χ1n) is 9.25. The van der Waals surface area contributed by atoms with Gasteiger partial charge in [0.05, 0.1) is 18.8 Å². The van der Waals surface area contributed by atoms with Gasteiger partial charge in [-0.2, -0.15) is 0 Å². The summed E-state index contributed by atoms with van der Waals surface area (Å²) in [6.45, 7) is 5.06. The molecule has 0 spiro atoms. The first-order chi connectivity index (χ1) is 13.1. The summed E-state index contributed by atoms with van der Waals surface area (Å²) in [5, 5.41) is 0. The van der Waals surface area contributed by atoms with Crippen molar-refractivity contribution in [2.24, 2.45) is 5.92 Å². The minimum absolute atomic E-state index is 0.0404. The number of aromatic nitrogens is 2. The number of hydrogen-bond donors (Lipinski definition) is 0. The highest BCUT2D eigenvalue weighted by Gasteiger charge is 2.18. The van der Waals surface area contributed by atoms with E-state index in [-0.39, 0.29) is 11.9 Å². The highest BCUT2D eigenvalue weighted by molar-refractivity contribution is 5.75. The van der Waals surface area contributed by atoms with Gasteiger partial charge in [-0.15, -0.1) is 0 Å². The van der Waals surface area contributed by atoms with Gasteiger partial charge in [0, 0.05) is 30.8 Å². The van der Waals surface area contributed by atoms with Crippen molar-refractivity contribution in [3.05, 3.63) is 53.3 Å². The minimum atomic E-state index is 0.0404. The number of ether oxygens (including phenoxy) is 2. The number of carbonyl (C=O) groups excluding carboxylic acids is 1. The van der Waals surface area contributed by atoms with E-state index in [1.165, 1.54) is 5.56 Å². The first kappa shape index (κ1) is 19.1. The third kappa shape index (κ3) is 6.19. The van der Waals surface area contributed by atoms with Crippen molar-refractivity contribution in [1.29, 1.82) is 0 Å². The number of benzene rings is 1. The summed E-state index contributed by atoms with van der Waals surface area (Å²) in [5.41, 5.74) is 2.89. The molecule has 2 heterocycles. The van der Waals surface area contributed by atoms with Crippen LogP contribution >= 0.6 is 0 Å². The average molecular weight is 364 g/mol. The van der Waals surface area contributed by atoms with E-state index in [2.05, 4.69) is 40.9 Å². The average Bonchev–Trinajstić information content (AvgIpc) is 3.15. The molecule has 1 saturated heterocycles. The molecule has 1 aromatic heterocycles. The van der Waals surface area contributed by atoms with Crippen LogP contribution in [0.3, 0.4) is 0 Å². The van der Waals surface area contributed by atoms with Crippen molar-refractivity contribution in [2.75, 3.05) is 13.2 Å². The molecule has 1 aliphatic heterocycles. The Morgan fingerprint density at radius 2 is 1.93 bits per heavy atom. The van der Waals surface area contributed by atoms with E-state index in [4.69, 9.17) is 9.47 Å². The molecule has 1 aliphatic rings.